The Kier molecular flexibility index (Phi) is 5.87. The second-order valence-corrected chi connectivity index (χ2v) is 6.66. The number of halogens is 2. The number of aryl methyl sites for hydroxylation is 1. The highest BCUT2D eigenvalue weighted by Crippen LogP contribution is 2.29. The number of benzene rings is 2. The van der Waals surface area contributed by atoms with Gasteiger partial charge in [-0.15, -0.1) is 0 Å². The summed E-state index contributed by atoms with van der Waals surface area (Å²) in [7, 11) is 0. The lowest BCUT2D eigenvalue weighted by atomic mass is 10.1. The number of fused-ring (bicyclic) bond motifs is 1. The first-order valence-electron chi connectivity index (χ1n) is 8.00. The molecule has 0 spiro atoms. The van der Waals surface area contributed by atoms with Crippen molar-refractivity contribution in [3.05, 3.63) is 68.0 Å². The molecule has 0 bridgehead atoms. The summed E-state index contributed by atoms with van der Waals surface area (Å²) in [6.07, 6.45) is 1.21. The van der Waals surface area contributed by atoms with Gasteiger partial charge in [0.2, 0.25) is 0 Å². The molecule has 3 rings (SSSR count). The van der Waals surface area contributed by atoms with Crippen molar-refractivity contribution in [2.45, 2.75) is 6.92 Å². The predicted octanol–water partition coefficient (Wildman–Crippen LogP) is 3.64. The fourth-order valence-electron chi connectivity index (χ4n) is 2.43. The first-order chi connectivity index (χ1) is 13.3. The third-order valence-electron chi connectivity index (χ3n) is 3.74. The largest absolute Gasteiger partial charge is 0.506 e. The summed E-state index contributed by atoms with van der Waals surface area (Å²) in [5, 5.41) is 14.7. The Labute approximate surface area is 169 Å². The molecule has 9 heteroatoms. The van der Waals surface area contributed by atoms with E-state index in [1.165, 1.54) is 30.5 Å². The van der Waals surface area contributed by atoms with Gasteiger partial charge in [-0.3, -0.25) is 4.79 Å². The number of nitrogens with zero attached hydrogens (tertiary/aromatic N) is 1. The highest BCUT2D eigenvalue weighted by molar-refractivity contribution is 6.36. The highest BCUT2D eigenvalue weighted by Gasteiger charge is 2.08. The zero-order valence-corrected chi connectivity index (χ0v) is 16.0. The second-order valence-electron chi connectivity index (χ2n) is 5.81. The summed E-state index contributed by atoms with van der Waals surface area (Å²) in [5.74, 6) is -0.373. The molecule has 3 aromatic rings. The van der Waals surface area contributed by atoms with Crippen molar-refractivity contribution in [3.8, 4) is 11.5 Å². The minimum Gasteiger partial charge on any atom is -0.506 e. The van der Waals surface area contributed by atoms with Crippen molar-refractivity contribution < 1.29 is 19.1 Å². The van der Waals surface area contributed by atoms with Crippen LogP contribution in [-0.4, -0.2) is 23.8 Å². The van der Waals surface area contributed by atoms with Gasteiger partial charge in [-0.2, -0.15) is 5.10 Å². The van der Waals surface area contributed by atoms with E-state index in [0.717, 1.165) is 10.9 Å². The molecular weight excluding hydrogens is 407 g/mol. The molecule has 144 valence electrons. The van der Waals surface area contributed by atoms with E-state index in [1.807, 2.05) is 0 Å². The molecule has 0 saturated carbocycles. The van der Waals surface area contributed by atoms with E-state index in [9.17, 15) is 14.7 Å². The number of carbonyl (C=O) groups is 1. The highest BCUT2D eigenvalue weighted by atomic mass is 35.5. The lowest BCUT2D eigenvalue weighted by Gasteiger charge is -2.07. The monoisotopic (exact) mass is 420 g/mol. The Morgan fingerprint density at radius 2 is 2.07 bits per heavy atom. The van der Waals surface area contributed by atoms with E-state index in [-0.39, 0.29) is 22.9 Å². The lowest BCUT2D eigenvalue weighted by Crippen LogP contribution is -2.24. The normalized spacial score (nSPS) is 11.1. The summed E-state index contributed by atoms with van der Waals surface area (Å²) in [4.78, 5) is 23.3. The van der Waals surface area contributed by atoms with Crippen LogP contribution in [0.2, 0.25) is 10.0 Å². The Hall–Kier alpha value is -3.03. The standard InChI is InChI=1S/C19H14Cl2N2O5/c1-10-4-18(25)28-16-7-13(2-3-14(10)16)27-9-17(24)23-22-8-11-5-12(20)6-15(21)19(11)26/h2-8,26H,9H2,1H3,(H,23,24). The number of aromatic hydroxyl groups is 1. The topological polar surface area (TPSA) is 101 Å². The molecule has 0 aliphatic carbocycles. The summed E-state index contributed by atoms with van der Waals surface area (Å²) < 4.78 is 10.5. The SMILES string of the molecule is Cc1cc(=O)oc2cc(OCC(=O)NN=Cc3cc(Cl)cc(Cl)c3O)ccc12. The number of amides is 1. The van der Waals surface area contributed by atoms with Crippen molar-refractivity contribution in [1.29, 1.82) is 0 Å². The van der Waals surface area contributed by atoms with Crippen molar-refractivity contribution in [3.63, 3.8) is 0 Å². The number of carbonyl (C=O) groups excluding carboxylic acids is 1. The fourth-order valence-corrected chi connectivity index (χ4v) is 2.94. The molecule has 2 N–H and O–H groups in total. The number of hydrogen-bond donors (Lipinski definition) is 2. The van der Waals surface area contributed by atoms with Gasteiger partial charge in [-0.1, -0.05) is 23.2 Å². The summed E-state index contributed by atoms with van der Waals surface area (Å²) in [6.45, 7) is 1.48. The molecular formula is C19H14Cl2N2O5. The Bertz CT molecular complexity index is 1140. The maximum absolute atomic E-state index is 11.9. The van der Waals surface area contributed by atoms with Crippen molar-refractivity contribution >= 4 is 46.3 Å². The van der Waals surface area contributed by atoms with E-state index < -0.39 is 11.5 Å². The van der Waals surface area contributed by atoms with Crippen molar-refractivity contribution in [2.75, 3.05) is 6.61 Å². The smallest absolute Gasteiger partial charge is 0.336 e. The number of phenols is 1. The maximum atomic E-state index is 11.9. The minimum absolute atomic E-state index is 0.0711. The van der Waals surface area contributed by atoms with Crippen LogP contribution >= 0.6 is 23.2 Å². The molecule has 7 nitrogen and oxygen atoms in total. The van der Waals surface area contributed by atoms with Crippen molar-refractivity contribution in [1.82, 2.24) is 5.43 Å². The first-order valence-corrected chi connectivity index (χ1v) is 8.76. The fraction of sp³-hybridized carbons (Fsp3) is 0.105. The van der Waals surface area contributed by atoms with Gasteiger partial charge in [-0.05, 0) is 36.8 Å². The number of hydrogen-bond acceptors (Lipinski definition) is 6. The van der Waals surface area contributed by atoms with Gasteiger partial charge in [-0.25, -0.2) is 10.2 Å². The predicted molar refractivity (Wildman–Crippen MR) is 107 cm³/mol. The third-order valence-corrected chi connectivity index (χ3v) is 4.25. The number of hydrazone groups is 1. The van der Waals surface area contributed by atoms with E-state index >= 15 is 0 Å². The quantitative estimate of drug-likeness (QED) is 0.372. The summed E-state index contributed by atoms with van der Waals surface area (Å²) in [6, 6.07) is 9.17. The van der Waals surface area contributed by atoms with Crippen LogP contribution in [0, 0.1) is 6.92 Å². The molecule has 1 heterocycles. The molecule has 0 radical (unpaired) electrons. The molecule has 0 unspecified atom stereocenters. The van der Waals surface area contributed by atoms with E-state index in [1.54, 1.807) is 19.1 Å². The summed E-state index contributed by atoms with van der Waals surface area (Å²) >= 11 is 11.7. The third kappa shape index (κ3) is 4.62. The summed E-state index contributed by atoms with van der Waals surface area (Å²) in [5.41, 5.74) is 3.20. The number of phenolic OH excluding ortho intramolecular Hbond substituents is 1. The number of rotatable bonds is 5. The van der Waals surface area contributed by atoms with Crippen LogP contribution < -0.4 is 15.8 Å². The lowest BCUT2D eigenvalue weighted by molar-refractivity contribution is -0.123. The van der Waals surface area contributed by atoms with Crippen LogP contribution in [0.3, 0.4) is 0 Å². The second kappa shape index (κ2) is 8.33. The van der Waals surface area contributed by atoms with Crippen molar-refractivity contribution in [2.24, 2.45) is 5.10 Å². The minimum atomic E-state index is -0.533. The van der Waals surface area contributed by atoms with Gasteiger partial charge in [0.1, 0.15) is 17.1 Å². The zero-order valence-electron chi connectivity index (χ0n) is 14.5. The van der Waals surface area contributed by atoms with Gasteiger partial charge < -0.3 is 14.3 Å². The van der Waals surface area contributed by atoms with Gasteiger partial charge in [0.25, 0.3) is 5.91 Å². The Balaban J connectivity index is 1.62. The van der Waals surface area contributed by atoms with Crippen LogP contribution in [0.1, 0.15) is 11.1 Å². The Morgan fingerprint density at radius 3 is 2.86 bits per heavy atom. The first kappa shape index (κ1) is 19.7. The van der Waals surface area contributed by atoms with Gasteiger partial charge in [0, 0.05) is 28.1 Å². The average molecular weight is 421 g/mol. The zero-order chi connectivity index (χ0) is 20.3. The molecule has 0 aliphatic rings. The molecule has 1 aromatic heterocycles. The number of ether oxygens (including phenoxy) is 1. The van der Waals surface area contributed by atoms with Crippen LogP contribution in [0.4, 0.5) is 0 Å². The molecule has 0 aliphatic heterocycles. The maximum Gasteiger partial charge on any atom is 0.336 e. The average Bonchev–Trinajstić information content (AvgIpc) is 2.63. The van der Waals surface area contributed by atoms with E-state index in [4.69, 9.17) is 32.4 Å². The van der Waals surface area contributed by atoms with Gasteiger partial charge in [0.15, 0.2) is 6.61 Å². The molecule has 28 heavy (non-hydrogen) atoms. The van der Waals surface area contributed by atoms with E-state index in [0.29, 0.717) is 16.4 Å². The van der Waals surface area contributed by atoms with Crippen LogP contribution in [0.15, 0.2) is 50.7 Å². The molecule has 0 fully saturated rings. The molecule has 1 amide bonds. The van der Waals surface area contributed by atoms with Gasteiger partial charge in [0.05, 0.1) is 11.2 Å². The van der Waals surface area contributed by atoms with Crippen LogP contribution in [-0.2, 0) is 4.79 Å². The Morgan fingerprint density at radius 1 is 1.29 bits per heavy atom. The van der Waals surface area contributed by atoms with Crippen LogP contribution in [0.25, 0.3) is 11.0 Å². The molecule has 0 atom stereocenters. The van der Waals surface area contributed by atoms with Gasteiger partial charge >= 0.3 is 5.63 Å². The number of nitrogens with one attached hydrogen (secondary N) is 1. The molecule has 0 saturated heterocycles. The van der Waals surface area contributed by atoms with Crippen LogP contribution in [0.5, 0.6) is 11.5 Å². The van der Waals surface area contributed by atoms with E-state index in [2.05, 4.69) is 10.5 Å². The molecule has 2 aromatic carbocycles.